The highest BCUT2D eigenvalue weighted by Crippen LogP contribution is 2.38. The first-order chi connectivity index (χ1) is 10.1. The van der Waals surface area contributed by atoms with Crippen LogP contribution in [0.4, 0.5) is 4.79 Å². The summed E-state index contributed by atoms with van der Waals surface area (Å²) in [6.07, 6.45) is 7.95. The van der Waals surface area contributed by atoms with Gasteiger partial charge >= 0.3 is 12.0 Å². The number of piperidine rings is 1. The van der Waals surface area contributed by atoms with E-state index in [9.17, 15) is 14.7 Å². The number of carboxylic acids is 1. The van der Waals surface area contributed by atoms with Crippen molar-refractivity contribution in [3.63, 3.8) is 0 Å². The summed E-state index contributed by atoms with van der Waals surface area (Å²) >= 11 is 1.70. The Bertz CT molecular complexity index is 391. The standard InChI is InChI=1S/C15H26N2O3S/c1-16(9-10-21-2)15(20)17-12-6-4-3-5-11(12)7-8-13(17)14(18)19/h11-13H,3-10H2,1-2H3,(H,18,19). The fourth-order valence-corrected chi connectivity index (χ4v) is 4.13. The zero-order valence-electron chi connectivity index (χ0n) is 13.0. The molecule has 0 aromatic rings. The van der Waals surface area contributed by atoms with Crippen LogP contribution in [-0.4, -0.2) is 64.6 Å². The molecular weight excluding hydrogens is 288 g/mol. The van der Waals surface area contributed by atoms with E-state index in [0.29, 0.717) is 18.9 Å². The molecule has 1 aliphatic carbocycles. The summed E-state index contributed by atoms with van der Waals surface area (Å²) in [6.45, 7) is 0.667. The number of thioether (sulfide) groups is 1. The Kier molecular flexibility index (Phi) is 5.79. The maximum atomic E-state index is 12.8. The van der Waals surface area contributed by atoms with Crippen LogP contribution in [0.1, 0.15) is 38.5 Å². The molecule has 2 rings (SSSR count). The van der Waals surface area contributed by atoms with Crippen LogP contribution < -0.4 is 0 Å². The van der Waals surface area contributed by atoms with E-state index in [4.69, 9.17) is 0 Å². The molecule has 21 heavy (non-hydrogen) atoms. The van der Waals surface area contributed by atoms with Crippen molar-refractivity contribution in [2.24, 2.45) is 5.92 Å². The fourth-order valence-electron chi connectivity index (χ4n) is 3.67. The molecule has 0 radical (unpaired) electrons. The number of carbonyl (C=O) groups is 2. The van der Waals surface area contributed by atoms with Gasteiger partial charge in [-0.25, -0.2) is 9.59 Å². The van der Waals surface area contributed by atoms with Crippen molar-refractivity contribution in [2.45, 2.75) is 50.6 Å². The van der Waals surface area contributed by atoms with Crippen molar-refractivity contribution >= 4 is 23.8 Å². The molecular formula is C15H26N2O3S. The Morgan fingerprint density at radius 1 is 1.24 bits per heavy atom. The largest absolute Gasteiger partial charge is 0.480 e. The number of aliphatic carboxylic acids is 1. The van der Waals surface area contributed by atoms with Crippen LogP contribution >= 0.6 is 11.8 Å². The SMILES string of the molecule is CSCCN(C)C(=O)N1C(C(=O)O)CCC2CCCCC21. The number of likely N-dealkylation sites (tertiary alicyclic amines) is 1. The summed E-state index contributed by atoms with van der Waals surface area (Å²) in [5.74, 6) is 0.514. The highest BCUT2D eigenvalue weighted by molar-refractivity contribution is 7.98. The molecule has 3 atom stereocenters. The predicted octanol–water partition coefficient (Wildman–Crippen LogP) is 2.51. The van der Waals surface area contributed by atoms with Crippen molar-refractivity contribution < 1.29 is 14.7 Å². The minimum atomic E-state index is -0.856. The van der Waals surface area contributed by atoms with E-state index < -0.39 is 12.0 Å². The molecule has 1 aliphatic heterocycles. The van der Waals surface area contributed by atoms with Gasteiger partial charge in [0.15, 0.2) is 0 Å². The molecule has 0 aromatic carbocycles. The van der Waals surface area contributed by atoms with Crippen molar-refractivity contribution in [2.75, 3.05) is 25.6 Å². The van der Waals surface area contributed by atoms with Crippen molar-refractivity contribution in [1.29, 1.82) is 0 Å². The lowest BCUT2D eigenvalue weighted by atomic mass is 9.76. The molecule has 1 saturated carbocycles. The number of hydrogen-bond acceptors (Lipinski definition) is 3. The predicted molar refractivity (Wildman–Crippen MR) is 84.7 cm³/mol. The third-order valence-corrected chi connectivity index (χ3v) is 5.43. The van der Waals surface area contributed by atoms with E-state index in [1.807, 2.05) is 6.26 Å². The Balaban J connectivity index is 2.15. The third kappa shape index (κ3) is 3.65. The normalized spacial score (nSPS) is 28.9. The highest BCUT2D eigenvalue weighted by Gasteiger charge is 2.44. The average molecular weight is 314 g/mol. The Morgan fingerprint density at radius 2 is 1.95 bits per heavy atom. The third-order valence-electron chi connectivity index (χ3n) is 4.84. The lowest BCUT2D eigenvalue weighted by Crippen LogP contribution is -2.60. The number of carbonyl (C=O) groups excluding carboxylic acids is 1. The van der Waals surface area contributed by atoms with E-state index in [2.05, 4.69) is 0 Å². The number of carboxylic acid groups (broad SMARTS) is 1. The minimum absolute atomic E-state index is 0.104. The van der Waals surface area contributed by atoms with Crippen molar-refractivity contribution in [3.8, 4) is 0 Å². The summed E-state index contributed by atoms with van der Waals surface area (Å²) in [4.78, 5) is 27.7. The van der Waals surface area contributed by atoms with Gasteiger partial charge in [-0.2, -0.15) is 11.8 Å². The zero-order valence-corrected chi connectivity index (χ0v) is 13.8. The number of amides is 2. The van der Waals surface area contributed by atoms with Crippen molar-refractivity contribution in [3.05, 3.63) is 0 Å². The van der Waals surface area contributed by atoms with Crippen LogP contribution in [0, 0.1) is 5.92 Å². The lowest BCUT2D eigenvalue weighted by Gasteiger charge is -2.48. The van der Waals surface area contributed by atoms with E-state index in [1.54, 1.807) is 28.6 Å². The van der Waals surface area contributed by atoms with E-state index in [-0.39, 0.29) is 12.1 Å². The monoisotopic (exact) mass is 314 g/mol. The minimum Gasteiger partial charge on any atom is -0.480 e. The van der Waals surface area contributed by atoms with E-state index >= 15 is 0 Å². The Hall–Kier alpha value is -0.910. The molecule has 2 aliphatic rings. The number of urea groups is 1. The summed E-state index contributed by atoms with van der Waals surface area (Å²) in [6, 6.07) is -0.626. The first-order valence-electron chi connectivity index (χ1n) is 7.81. The van der Waals surface area contributed by atoms with Gasteiger partial charge in [0.1, 0.15) is 6.04 Å². The second-order valence-corrected chi connectivity index (χ2v) is 7.13. The number of rotatable bonds is 4. The van der Waals surface area contributed by atoms with Crippen LogP contribution in [-0.2, 0) is 4.79 Å². The first-order valence-corrected chi connectivity index (χ1v) is 9.20. The fraction of sp³-hybridized carbons (Fsp3) is 0.867. The van der Waals surface area contributed by atoms with Crippen molar-refractivity contribution in [1.82, 2.24) is 9.80 Å². The topological polar surface area (TPSA) is 60.9 Å². The second kappa shape index (κ2) is 7.38. The molecule has 1 N–H and O–H groups in total. The number of hydrogen-bond donors (Lipinski definition) is 1. The number of fused-ring (bicyclic) bond motifs is 1. The molecule has 0 aromatic heterocycles. The van der Waals surface area contributed by atoms with Gasteiger partial charge in [0.05, 0.1) is 0 Å². The Morgan fingerprint density at radius 3 is 2.62 bits per heavy atom. The van der Waals surface area contributed by atoms with Gasteiger partial charge in [0.2, 0.25) is 0 Å². The number of nitrogens with zero attached hydrogens (tertiary/aromatic N) is 2. The summed E-state index contributed by atoms with van der Waals surface area (Å²) in [5, 5.41) is 9.49. The summed E-state index contributed by atoms with van der Waals surface area (Å²) in [7, 11) is 1.78. The molecule has 0 spiro atoms. The molecule has 1 heterocycles. The zero-order chi connectivity index (χ0) is 15.4. The molecule has 2 amide bonds. The van der Waals surface area contributed by atoms with Gasteiger partial charge in [-0.1, -0.05) is 12.8 Å². The van der Waals surface area contributed by atoms with Crippen LogP contribution in [0.5, 0.6) is 0 Å². The van der Waals surface area contributed by atoms with Crippen LogP contribution in [0.3, 0.4) is 0 Å². The van der Waals surface area contributed by atoms with E-state index in [0.717, 1.165) is 31.4 Å². The van der Waals surface area contributed by atoms with Gasteiger partial charge in [0, 0.05) is 25.4 Å². The van der Waals surface area contributed by atoms with Gasteiger partial charge in [0.25, 0.3) is 0 Å². The molecule has 0 bridgehead atoms. The molecule has 6 heteroatoms. The maximum Gasteiger partial charge on any atom is 0.326 e. The summed E-state index contributed by atoms with van der Waals surface area (Å²) in [5.41, 5.74) is 0. The average Bonchev–Trinajstić information content (AvgIpc) is 2.50. The molecule has 5 nitrogen and oxygen atoms in total. The Labute approximate surface area is 131 Å². The van der Waals surface area contributed by atoms with Crippen LogP contribution in [0.15, 0.2) is 0 Å². The van der Waals surface area contributed by atoms with Crippen LogP contribution in [0.25, 0.3) is 0 Å². The van der Waals surface area contributed by atoms with Crippen LogP contribution in [0.2, 0.25) is 0 Å². The molecule has 3 unspecified atom stereocenters. The maximum absolute atomic E-state index is 12.8. The second-order valence-electron chi connectivity index (χ2n) is 6.15. The lowest BCUT2D eigenvalue weighted by molar-refractivity contribution is -0.146. The summed E-state index contributed by atoms with van der Waals surface area (Å²) < 4.78 is 0. The van der Waals surface area contributed by atoms with Gasteiger partial charge in [-0.05, 0) is 37.9 Å². The van der Waals surface area contributed by atoms with Gasteiger partial charge < -0.3 is 14.9 Å². The smallest absolute Gasteiger partial charge is 0.326 e. The molecule has 1 saturated heterocycles. The molecule has 120 valence electrons. The van der Waals surface area contributed by atoms with Gasteiger partial charge in [-0.15, -0.1) is 0 Å². The molecule has 2 fully saturated rings. The highest BCUT2D eigenvalue weighted by atomic mass is 32.2. The van der Waals surface area contributed by atoms with Gasteiger partial charge in [-0.3, -0.25) is 0 Å². The van der Waals surface area contributed by atoms with E-state index in [1.165, 1.54) is 6.42 Å². The first kappa shape index (κ1) is 16.5. The quantitative estimate of drug-likeness (QED) is 0.866.